The molecule has 32 heavy (non-hydrogen) atoms. The Balaban J connectivity index is 1.46. The van der Waals surface area contributed by atoms with E-state index in [-0.39, 0.29) is 39.9 Å². The maximum Gasteiger partial charge on any atom is 0.253 e. The highest BCUT2D eigenvalue weighted by molar-refractivity contribution is 6.34. The van der Waals surface area contributed by atoms with Crippen LogP contribution in [0.2, 0.25) is 10.0 Å². The fraction of sp³-hybridized carbons (Fsp3) is 0.190. The van der Waals surface area contributed by atoms with Crippen LogP contribution in [0.25, 0.3) is 11.3 Å². The van der Waals surface area contributed by atoms with Gasteiger partial charge in [0.15, 0.2) is 11.6 Å². The summed E-state index contributed by atoms with van der Waals surface area (Å²) in [5.41, 5.74) is 7.33. The molecule has 0 spiro atoms. The molecule has 11 heteroatoms. The fourth-order valence-corrected chi connectivity index (χ4v) is 4.10. The van der Waals surface area contributed by atoms with Gasteiger partial charge in [0.1, 0.15) is 5.84 Å². The van der Waals surface area contributed by atoms with Crippen LogP contribution < -0.4 is 16.0 Å². The lowest BCUT2D eigenvalue weighted by atomic mass is 10.1. The van der Waals surface area contributed by atoms with Gasteiger partial charge in [0.2, 0.25) is 0 Å². The molecule has 3 aromatic rings. The maximum atomic E-state index is 12.8. The summed E-state index contributed by atoms with van der Waals surface area (Å²) >= 11 is 12.4. The highest BCUT2D eigenvalue weighted by atomic mass is 35.5. The Morgan fingerprint density at radius 3 is 2.72 bits per heavy atom. The highest BCUT2D eigenvalue weighted by Crippen LogP contribution is 2.34. The molecule has 9 nitrogen and oxygen atoms in total. The van der Waals surface area contributed by atoms with Crippen molar-refractivity contribution in [3.63, 3.8) is 0 Å². The van der Waals surface area contributed by atoms with E-state index in [9.17, 15) is 9.90 Å². The van der Waals surface area contributed by atoms with Crippen molar-refractivity contribution in [3.8, 4) is 17.0 Å². The number of amides is 1. The number of rotatable bonds is 5. The van der Waals surface area contributed by atoms with E-state index in [2.05, 4.69) is 20.3 Å². The molecule has 1 amide bonds. The predicted octanol–water partition coefficient (Wildman–Crippen LogP) is 2.84. The number of carbonyl (C=O) groups is 1. The van der Waals surface area contributed by atoms with Crippen LogP contribution in [0.4, 0.5) is 5.82 Å². The van der Waals surface area contributed by atoms with Crippen LogP contribution in [0.5, 0.6) is 5.75 Å². The Morgan fingerprint density at radius 2 is 2.03 bits per heavy atom. The summed E-state index contributed by atoms with van der Waals surface area (Å²) in [7, 11) is 0. The molecule has 1 saturated heterocycles. The number of carbonyl (C=O) groups excluding carboxylic acids is 1. The van der Waals surface area contributed by atoms with Gasteiger partial charge in [-0.15, -0.1) is 0 Å². The van der Waals surface area contributed by atoms with E-state index in [1.54, 1.807) is 36.8 Å². The van der Waals surface area contributed by atoms with E-state index in [1.807, 2.05) is 4.90 Å². The first-order chi connectivity index (χ1) is 15.3. The number of anilines is 1. The second-order valence-corrected chi connectivity index (χ2v) is 8.07. The molecule has 2 aromatic heterocycles. The predicted molar refractivity (Wildman–Crippen MR) is 122 cm³/mol. The SMILES string of the molecule is N=C(N)c1c(Cl)cnc(N2CC[C@@H](NC(=O)c3ccc(-c4cnccn4)cc3Cl)C2)c1O. The molecule has 1 fully saturated rings. The number of nitrogens with two attached hydrogens (primary N) is 1. The second-order valence-electron chi connectivity index (χ2n) is 7.26. The number of nitrogen functional groups attached to an aromatic ring is 1. The Kier molecular flexibility index (Phi) is 6.11. The van der Waals surface area contributed by atoms with Crippen molar-refractivity contribution in [3.05, 3.63) is 64.2 Å². The summed E-state index contributed by atoms with van der Waals surface area (Å²) < 4.78 is 0. The smallest absolute Gasteiger partial charge is 0.253 e. The van der Waals surface area contributed by atoms with Crippen molar-refractivity contribution >= 4 is 40.8 Å². The average Bonchev–Trinajstić information content (AvgIpc) is 3.22. The topological polar surface area (TPSA) is 141 Å². The van der Waals surface area contributed by atoms with Crippen molar-refractivity contribution in [1.29, 1.82) is 5.41 Å². The Hall–Kier alpha value is -3.43. The Bertz CT molecular complexity index is 1190. The monoisotopic (exact) mass is 471 g/mol. The van der Waals surface area contributed by atoms with Crippen molar-refractivity contribution in [1.82, 2.24) is 20.3 Å². The first kappa shape index (κ1) is 21.8. The van der Waals surface area contributed by atoms with Gasteiger partial charge in [-0.05, 0) is 18.6 Å². The molecule has 1 aliphatic rings. The third kappa shape index (κ3) is 4.30. The minimum atomic E-state index is -0.347. The number of hydrogen-bond donors (Lipinski definition) is 4. The lowest BCUT2D eigenvalue weighted by Crippen LogP contribution is -2.37. The number of benzene rings is 1. The molecule has 5 N–H and O–H groups in total. The molecule has 3 heterocycles. The zero-order valence-electron chi connectivity index (χ0n) is 16.7. The van der Waals surface area contributed by atoms with Crippen LogP contribution >= 0.6 is 23.2 Å². The van der Waals surface area contributed by atoms with E-state index < -0.39 is 0 Å². The van der Waals surface area contributed by atoms with Gasteiger partial charge in [-0.3, -0.25) is 20.2 Å². The number of hydrogen-bond acceptors (Lipinski definition) is 7. The minimum Gasteiger partial charge on any atom is -0.504 e. The largest absolute Gasteiger partial charge is 0.504 e. The van der Waals surface area contributed by atoms with E-state index in [0.29, 0.717) is 35.8 Å². The third-order valence-electron chi connectivity index (χ3n) is 5.15. The average molecular weight is 472 g/mol. The summed E-state index contributed by atoms with van der Waals surface area (Å²) in [5, 5.41) is 21.5. The molecule has 4 rings (SSSR count). The highest BCUT2D eigenvalue weighted by Gasteiger charge is 2.29. The minimum absolute atomic E-state index is 0.0409. The van der Waals surface area contributed by atoms with Gasteiger partial charge in [-0.2, -0.15) is 0 Å². The summed E-state index contributed by atoms with van der Waals surface area (Å²) in [6.07, 6.45) is 6.77. The summed E-state index contributed by atoms with van der Waals surface area (Å²) in [4.78, 5) is 27.0. The summed E-state index contributed by atoms with van der Waals surface area (Å²) in [5.74, 6) is -0.632. The Labute approximate surface area is 193 Å². The molecule has 164 valence electrons. The molecule has 1 aromatic carbocycles. The number of nitrogens with one attached hydrogen (secondary N) is 2. The number of pyridine rings is 1. The molecule has 0 aliphatic carbocycles. The van der Waals surface area contributed by atoms with Gasteiger partial charge < -0.3 is 21.1 Å². The van der Waals surface area contributed by atoms with Gasteiger partial charge in [0.05, 0.1) is 33.1 Å². The lowest BCUT2D eigenvalue weighted by Gasteiger charge is -2.20. The van der Waals surface area contributed by atoms with Gasteiger partial charge in [0, 0.05) is 43.3 Å². The molecule has 0 saturated carbocycles. The molecule has 0 radical (unpaired) electrons. The van der Waals surface area contributed by atoms with Gasteiger partial charge in [-0.1, -0.05) is 29.3 Å². The number of aromatic hydroxyl groups is 1. The van der Waals surface area contributed by atoms with Crippen molar-refractivity contribution in [2.24, 2.45) is 5.73 Å². The van der Waals surface area contributed by atoms with Gasteiger partial charge in [-0.25, -0.2) is 4.98 Å². The van der Waals surface area contributed by atoms with Crippen LogP contribution in [0.3, 0.4) is 0 Å². The third-order valence-corrected chi connectivity index (χ3v) is 5.75. The van der Waals surface area contributed by atoms with Crippen molar-refractivity contribution in [2.75, 3.05) is 18.0 Å². The van der Waals surface area contributed by atoms with E-state index in [4.69, 9.17) is 34.3 Å². The summed E-state index contributed by atoms with van der Waals surface area (Å²) in [6.45, 7) is 0.963. The molecule has 1 aliphatic heterocycles. The van der Waals surface area contributed by atoms with Crippen LogP contribution in [-0.2, 0) is 0 Å². The Morgan fingerprint density at radius 1 is 1.22 bits per heavy atom. The van der Waals surface area contributed by atoms with Crippen molar-refractivity contribution < 1.29 is 9.90 Å². The molecule has 1 atom stereocenters. The fourth-order valence-electron chi connectivity index (χ4n) is 3.60. The summed E-state index contributed by atoms with van der Waals surface area (Å²) in [6, 6.07) is 4.92. The standard InChI is InChI=1S/C21H19Cl2N7O2/c22-14-7-11(16-9-26-4-5-27-16)1-2-13(14)21(32)29-12-3-6-30(10-12)20-18(31)17(19(24)25)15(23)8-28-20/h1-2,4-5,7-9,12,31H,3,6,10H2,(H3,24,25)(H,29,32)/t12-/m1/s1. The quantitative estimate of drug-likeness (QED) is 0.331. The van der Waals surface area contributed by atoms with Crippen LogP contribution in [0.1, 0.15) is 22.3 Å². The number of halogens is 2. The van der Waals surface area contributed by atoms with E-state index >= 15 is 0 Å². The van der Waals surface area contributed by atoms with Crippen LogP contribution in [0.15, 0.2) is 43.0 Å². The number of nitrogens with zero attached hydrogens (tertiary/aromatic N) is 4. The molecule has 0 unspecified atom stereocenters. The van der Waals surface area contributed by atoms with Gasteiger partial charge >= 0.3 is 0 Å². The zero-order valence-corrected chi connectivity index (χ0v) is 18.2. The van der Waals surface area contributed by atoms with Crippen molar-refractivity contribution in [2.45, 2.75) is 12.5 Å². The number of amidine groups is 1. The van der Waals surface area contributed by atoms with Gasteiger partial charge in [0.25, 0.3) is 5.91 Å². The molecular weight excluding hydrogens is 453 g/mol. The first-order valence-corrected chi connectivity index (χ1v) is 10.4. The van der Waals surface area contributed by atoms with Crippen LogP contribution in [0, 0.1) is 5.41 Å². The zero-order chi connectivity index (χ0) is 22.8. The van der Waals surface area contributed by atoms with Crippen LogP contribution in [-0.4, -0.2) is 50.9 Å². The van der Waals surface area contributed by atoms with E-state index in [0.717, 1.165) is 5.56 Å². The first-order valence-electron chi connectivity index (χ1n) is 9.68. The number of aromatic nitrogens is 3. The second kappa shape index (κ2) is 8.97. The maximum absolute atomic E-state index is 12.8. The lowest BCUT2D eigenvalue weighted by molar-refractivity contribution is 0.0940. The van der Waals surface area contributed by atoms with E-state index in [1.165, 1.54) is 6.20 Å². The normalized spacial score (nSPS) is 15.6. The molecular formula is C21H19Cl2N7O2. The molecule has 0 bridgehead atoms.